The summed E-state index contributed by atoms with van der Waals surface area (Å²) in [6.07, 6.45) is 7.44. The Balaban J connectivity index is 1.46. The highest BCUT2D eigenvalue weighted by atomic mass is 16.5. The van der Waals surface area contributed by atoms with Crippen LogP contribution in [0.3, 0.4) is 0 Å². The van der Waals surface area contributed by atoms with Crippen molar-refractivity contribution < 1.29 is 14.3 Å². The van der Waals surface area contributed by atoms with Crippen LogP contribution in [-0.4, -0.2) is 65.0 Å². The van der Waals surface area contributed by atoms with Gasteiger partial charge >= 0.3 is 0 Å². The number of carbonyl (C=O) groups excluding carboxylic acids is 2. The maximum absolute atomic E-state index is 13.2. The summed E-state index contributed by atoms with van der Waals surface area (Å²) in [5, 5.41) is 0. The van der Waals surface area contributed by atoms with Gasteiger partial charge in [-0.3, -0.25) is 14.6 Å². The molecule has 0 N–H and O–H groups in total. The molecule has 2 fully saturated rings. The van der Waals surface area contributed by atoms with E-state index in [0.717, 1.165) is 31.2 Å². The van der Waals surface area contributed by atoms with E-state index in [0.29, 0.717) is 37.4 Å². The van der Waals surface area contributed by atoms with Crippen LogP contribution in [-0.2, 0) is 4.74 Å². The van der Waals surface area contributed by atoms with E-state index in [4.69, 9.17) is 4.74 Å². The summed E-state index contributed by atoms with van der Waals surface area (Å²) in [6.45, 7) is 4.06. The van der Waals surface area contributed by atoms with E-state index in [2.05, 4.69) is 4.98 Å². The Morgan fingerprint density at radius 2 is 1.90 bits per heavy atom. The van der Waals surface area contributed by atoms with Crippen LogP contribution in [0, 0.1) is 6.92 Å². The van der Waals surface area contributed by atoms with Crippen molar-refractivity contribution in [1.82, 2.24) is 14.8 Å². The minimum atomic E-state index is -0.186. The second-order valence-corrected chi connectivity index (χ2v) is 8.25. The highest BCUT2D eigenvalue weighted by Crippen LogP contribution is 2.26. The molecule has 4 rings (SSSR count). The van der Waals surface area contributed by atoms with Crippen LogP contribution in [0.4, 0.5) is 0 Å². The molecule has 1 saturated carbocycles. The molecule has 1 unspecified atom stereocenters. The predicted molar refractivity (Wildman–Crippen MR) is 114 cm³/mol. The quantitative estimate of drug-likeness (QED) is 0.763. The van der Waals surface area contributed by atoms with E-state index in [1.807, 2.05) is 47.1 Å². The van der Waals surface area contributed by atoms with Gasteiger partial charge in [0.05, 0.1) is 18.3 Å². The van der Waals surface area contributed by atoms with Crippen LogP contribution in [0.15, 0.2) is 48.8 Å². The van der Waals surface area contributed by atoms with Crippen molar-refractivity contribution in [2.75, 3.05) is 26.2 Å². The summed E-state index contributed by atoms with van der Waals surface area (Å²) in [5.74, 6) is 0.0230. The van der Waals surface area contributed by atoms with Gasteiger partial charge in [-0.05, 0) is 44.0 Å². The molecule has 0 bridgehead atoms. The lowest BCUT2D eigenvalue weighted by atomic mass is 10.1. The summed E-state index contributed by atoms with van der Waals surface area (Å²) in [5.41, 5.74) is 2.43. The van der Waals surface area contributed by atoms with Gasteiger partial charge in [0.2, 0.25) is 0 Å². The number of amides is 2. The maximum atomic E-state index is 13.2. The fraction of sp³-hybridized carbons (Fsp3) is 0.458. The number of aromatic nitrogens is 1. The summed E-state index contributed by atoms with van der Waals surface area (Å²) in [6, 6.07) is 11.5. The summed E-state index contributed by atoms with van der Waals surface area (Å²) in [7, 11) is 0. The van der Waals surface area contributed by atoms with Gasteiger partial charge in [-0.15, -0.1) is 0 Å². The van der Waals surface area contributed by atoms with Crippen LogP contribution < -0.4 is 0 Å². The molecule has 1 aliphatic carbocycles. The zero-order valence-electron chi connectivity index (χ0n) is 17.5. The molecule has 6 nitrogen and oxygen atoms in total. The molecule has 2 heterocycles. The number of aryl methyl sites for hydroxylation is 1. The van der Waals surface area contributed by atoms with Crippen molar-refractivity contribution in [3.8, 4) is 0 Å². The molecule has 30 heavy (non-hydrogen) atoms. The average Bonchev–Trinajstić information content (AvgIpc) is 3.32. The Kier molecular flexibility index (Phi) is 6.43. The second kappa shape index (κ2) is 9.39. The number of carbonyl (C=O) groups is 2. The minimum absolute atomic E-state index is 0.000541. The first-order valence-corrected chi connectivity index (χ1v) is 10.8. The molecule has 158 valence electrons. The normalized spacial score (nSPS) is 19.6. The zero-order chi connectivity index (χ0) is 20.9. The number of rotatable bonds is 5. The third kappa shape index (κ3) is 4.70. The molecule has 2 aliphatic rings. The predicted octanol–water partition coefficient (Wildman–Crippen LogP) is 3.32. The fourth-order valence-corrected chi connectivity index (χ4v) is 4.38. The van der Waals surface area contributed by atoms with Gasteiger partial charge in [0.1, 0.15) is 0 Å². The summed E-state index contributed by atoms with van der Waals surface area (Å²) in [4.78, 5) is 34.1. The van der Waals surface area contributed by atoms with Gasteiger partial charge in [0.15, 0.2) is 0 Å². The van der Waals surface area contributed by atoms with Crippen molar-refractivity contribution >= 4 is 11.8 Å². The molecule has 0 spiro atoms. The molecule has 2 aromatic rings. The van der Waals surface area contributed by atoms with E-state index in [1.165, 1.54) is 0 Å². The SMILES string of the molecule is Cc1ccc(C(=O)N2CCOC(CN(C(=O)c3cccnc3)C3CCCC3)C2)cc1. The van der Waals surface area contributed by atoms with Gasteiger partial charge in [-0.1, -0.05) is 30.5 Å². The van der Waals surface area contributed by atoms with Gasteiger partial charge in [-0.2, -0.15) is 0 Å². The maximum Gasteiger partial charge on any atom is 0.255 e. The Morgan fingerprint density at radius 1 is 1.13 bits per heavy atom. The zero-order valence-corrected chi connectivity index (χ0v) is 17.5. The lowest BCUT2D eigenvalue weighted by Gasteiger charge is -2.38. The van der Waals surface area contributed by atoms with Crippen LogP contribution in [0.2, 0.25) is 0 Å². The van der Waals surface area contributed by atoms with E-state index in [9.17, 15) is 9.59 Å². The summed E-state index contributed by atoms with van der Waals surface area (Å²) >= 11 is 0. The highest BCUT2D eigenvalue weighted by molar-refractivity contribution is 5.95. The van der Waals surface area contributed by atoms with Crippen molar-refractivity contribution in [1.29, 1.82) is 0 Å². The molecule has 1 aliphatic heterocycles. The fourth-order valence-electron chi connectivity index (χ4n) is 4.38. The molecule has 1 atom stereocenters. The first-order chi connectivity index (χ1) is 14.6. The van der Waals surface area contributed by atoms with E-state index in [1.54, 1.807) is 18.5 Å². The molecule has 1 aromatic carbocycles. The highest BCUT2D eigenvalue weighted by Gasteiger charge is 2.33. The Labute approximate surface area is 177 Å². The van der Waals surface area contributed by atoms with Crippen LogP contribution in [0.1, 0.15) is 52.0 Å². The smallest absolute Gasteiger partial charge is 0.255 e. The number of hydrogen-bond donors (Lipinski definition) is 0. The molecule has 1 aromatic heterocycles. The average molecular weight is 408 g/mol. The Hall–Kier alpha value is -2.73. The Morgan fingerprint density at radius 3 is 2.60 bits per heavy atom. The first-order valence-electron chi connectivity index (χ1n) is 10.8. The number of ether oxygens (including phenoxy) is 1. The molecular weight excluding hydrogens is 378 g/mol. The molecule has 0 radical (unpaired) electrons. The minimum Gasteiger partial charge on any atom is -0.373 e. The number of nitrogens with zero attached hydrogens (tertiary/aromatic N) is 3. The number of benzene rings is 1. The number of morpholine rings is 1. The monoisotopic (exact) mass is 407 g/mol. The molecular formula is C24H29N3O3. The van der Waals surface area contributed by atoms with Gasteiger partial charge in [-0.25, -0.2) is 0 Å². The molecule has 1 saturated heterocycles. The van der Waals surface area contributed by atoms with Crippen molar-refractivity contribution in [3.05, 3.63) is 65.5 Å². The first kappa shape index (κ1) is 20.5. The molecule has 2 amide bonds. The lowest BCUT2D eigenvalue weighted by Crippen LogP contribution is -2.52. The number of hydrogen-bond acceptors (Lipinski definition) is 4. The lowest BCUT2D eigenvalue weighted by molar-refractivity contribution is -0.0371. The summed E-state index contributed by atoms with van der Waals surface area (Å²) < 4.78 is 5.99. The van der Waals surface area contributed by atoms with Crippen LogP contribution in [0.25, 0.3) is 0 Å². The van der Waals surface area contributed by atoms with E-state index >= 15 is 0 Å². The largest absolute Gasteiger partial charge is 0.373 e. The van der Waals surface area contributed by atoms with Gasteiger partial charge in [0, 0.05) is 43.6 Å². The van der Waals surface area contributed by atoms with E-state index in [-0.39, 0.29) is 24.0 Å². The third-order valence-corrected chi connectivity index (χ3v) is 6.06. The van der Waals surface area contributed by atoms with Crippen molar-refractivity contribution in [3.63, 3.8) is 0 Å². The standard InChI is InChI=1S/C24H29N3O3/c1-18-8-10-19(11-9-18)23(28)26-13-14-30-22(16-26)17-27(21-6-2-3-7-21)24(29)20-5-4-12-25-15-20/h4-5,8-12,15,21-22H,2-3,6-7,13-14,16-17H2,1H3. The van der Waals surface area contributed by atoms with Crippen molar-refractivity contribution in [2.24, 2.45) is 0 Å². The second-order valence-electron chi connectivity index (χ2n) is 8.25. The molecule has 6 heteroatoms. The number of pyridine rings is 1. The van der Waals surface area contributed by atoms with Crippen LogP contribution >= 0.6 is 0 Å². The third-order valence-electron chi connectivity index (χ3n) is 6.06. The topological polar surface area (TPSA) is 62.7 Å². The Bertz CT molecular complexity index is 863. The van der Waals surface area contributed by atoms with Crippen LogP contribution in [0.5, 0.6) is 0 Å². The van der Waals surface area contributed by atoms with E-state index < -0.39 is 0 Å². The van der Waals surface area contributed by atoms with Gasteiger partial charge in [0.25, 0.3) is 11.8 Å². The van der Waals surface area contributed by atoms with Gasteiger partial charge < -0.3 is 14.5 Å². The van der Waals surface area contributed by atoms with Crippen molar-refractivity contribution in [2.45, 2.75) is 44.8 Å².